The molecule has 2 rings (SSSR count). The number of rotatable bonds is 4. The molecule has 1 amide bonds. The van der Waals surface area contributed by atoms with Crippen molar-refractivity contribution in [3.63, 3.8) is 0 Å². The van der Waals surface area contributed by atoms with Crippen molar-refractivity contribution in [2.24, 2.45) is 0 Å². The molecular formula is C12H12BrN3OS. The van der Waals surface area contributed by atoms with Gasteiger partial charge in [-0.3, -0.25) is 4.79 Å². The molecule has 0 radical (unpaired) electrons. The number of amides is 1. The summed E-state index contributed by atoms with van der Waals surface area (Å²) in [6, 6.07) is 7.67. The third-order valence-electron chi connectivity index (χ3n) is 2.35. The number of halogens is 1. The van der Waals surface area contributed by atoms with Gasteiger partial charge in [-0.15, -0.1) is 5.10 Å². The topological polar surface area (TPSA) is 54.9 Å². The van der Waals surface area contributed by atoms with Crippen molar-refractivity contribution in [2.75, 3.05) is 6.54 Å². The van der Waals surface area contributed by atoms with Crippen molar-refractivity contribution in [2.45, 2.75) is 13.3 Å². The standard InChI is InChI=1S/C12H12BrN3OS/c1-2-7-14-12(17)11-10(15-16-18-11)8-3-5-9(13)6-4-8/h3-6H,2,7H2,1H3,(H,14,17). The Labute approximate surface area is 118 Å². The molecule has 18 heavy (non-hydrogen) atoms. The van der Waals surface area contributed by atoms with Crippen LogP contribution in [0, 0.1) is 0 Å². The lowest BCUT2D eigenvalue weighted by Gasteiger charge is -2.03. The Morgan fingerprint density at radius 2 is 2.11 bits per heavy atom. The van der Waals surface area contributed by atoms with Crippen LogP contribution in [0.3, 0.4) is 0 Å². The van der Waals surface area contributed by atoms with E-state index in [1.807, 2.05) is 31.2 Å². The van der Waals surface area contributed by atoms with Gasteiger partial charge in [-0.05, 0) is 30.1 Å². The molecule has 1 heterocycles. The van der Waals surface area contributed by atoms with Crippen molar-refractivity contribution in [1.82, 2.24) is 14.9 Å². The first-order valence-corrected chi connectivity index (χ1v) is 7.15. The quantitative estimate of drug-likeness (QED) is 0.939. The number of nitrogens with zero attached hydrogens (tertiary/aromatic N) is 2. The number of benzene rings is 1. The minimum absolute atomic E-state index is 0.107. The summed E-state index contributed by atoms with van der Waals surface area (Å²) in [6.07, 6.45) is 0.908. The predicted molar refractivity (Wildman–Crippen MR) is 75.7 cm³/mol. The molecule has 0 unspecified atom stereocenters. The highest BCUT2D eigenvalue weighted by Gasteiger charge is 2.16. The molecule has 6 heteroatoms. The van der Waals surface area contributed by atoms with E-state index in [2.05, 4.69) is 30.8 Å². The molecule has 1 N–H and O–H groups in total. The Hall–Kier alpha value is -1.27. The number of hydrogen-bond donors (Lipinski definition) is 1. The molecule has 1 aromatic heterocycles. The van der Waals surface area contributed by atoms with Crippen LogP contribution in [0.1, 0.15) is 23.0 Å². The minimum atomic E-state index is -0.107. The minimum Gasteiger partial charge on any atom is -0.351 e. The summed E-state index contributed by atoms with van der Waals surface area (Å²) in [4.78, 5) is 12.5. The van der Waals surface area contributed by atoms with Crippen molar-refractivity contribution in [3.05, 3.63) is 33.6 Å². The Bertz CT molecular complexity index is 539. The van der Waals surface area contributed by atoms with Gasteiger partial charge < -0.3 is 5.32 Å². The van der Waals surface area contributed by atoms with Gasteiger partial charge in [-0.2, -0.15) is 0 Å². The maximum absolute atomic E-state index is 11.9. The molecule has 2 aromatic rings. The number of hydrogen-bond acceptors (Lipinski definition) is 4. The highest BCUT2D eigenvalue weighted by Crippen LogP contribution is 2.25. The van der Waals surface area contributed by atoms with Gasteiger partial charge in [0.1, 0.15) is 10.6 Å². The molecule has 0 aliphatic heterocycles. The highest BCUT2D eigenvalue weighted by atomic mass is 79.9. The van der Waals surface area contributed by atoms with Crippen molar-refractivity contribution >= 4 is 33.4 Å². The summed E-state index contributed by atoms with van der Waals surface area (Å²) in [6.45, 7) is 2.68. The first kappa shape index (κ1) is 13.2. The monoisotopic (exact) mass is 325 g/mol. The third kappa shape index (κ3) is 2.94. The second-order valence-electron chi connectivity index (χ2n) is 3.71. The van der Waals surface area contributed by atoms with Gasteiger partial charge in [-0.25, -0.2) is 0 Å². The van der Waals surface area contributed by atoms with E-state index in [4.69, 9.17) is 0 Å². The predicted octanol–water partition coefficient (Wildman–Crippen LogP) is 3.11. The Morgan fingerprint density at radius 1 is 1.39 bits per heavy atom. The maximum atomic E-state index is 11.9. The number of carbonyl (C=O) groups excluding carboxylic acids is 1. The molecule has 1 aromatic carbocycles. The van der Waals surface area contributed by atoms with Crippen LogP contribution in [-0.2, 0) is 0 Å². The molecule has 0 bridgehead atoms. The molecule has 0 aliphatic rings. The van der Waals surface area contributed by atoms with Gasteiger partial charge >= 0.3 is 0 Å². The fourth-order valence-electron chi connectivity index (χ4n) is 1.46. The Morgan fingerprint density at radius 3 is 2.78 bits per heavy atom. The molecular weight excluding hydrogens is 314 g/mol. The molecule has 0 atom stereocenters. The lowest BCUT2D eigenvalue weighted by atomic mass is 10.1. The normalized spacial score (nSPS) is 10.3. The molecule has 0 saturated heterocycles. The van der Waals surface area contributed by atoms with Crippen molar-refractivity contribution in [3.8, 4) is 11.3 Å². The van der Waals surface area contributed by atoms with Gasteiger partial charge in [-0.1, -0.05) is 39.5 Å². The largest absolute Gasteiger partial charge is 0.351 e. The second kappa shape index (κ2) is 6.06. The van der Waals surface area contributed by atoms with Crippen molar-refractivity contribution < 1.29 is 4.79 Å². The molecule has 0 fully saturated rings. The molecule has 0 spiro atoms. The average molecular weight is 326 g/mol. The van der Waals surface area contributed by atoms with Crippen LogP contribution in [0.4, 0.5) is 0 Å². The van der Waals surface area contributed by atoms with E-state index >= 15 is 0 Å². The van der Waals surface area contributed by atoms with Crippen molar-refractivity contribution in [1.29, 1.82) is 0 Å². The van der Waals surface area contributed by atoms with Crippen LogP contribution in [-0.4, -0.2) is 22.0 Å². The second-order valence-corrected chi connectivity index (χ2v) is 5.38. The van der Waals surface area contributed by atoms with Gasteiger partial charge in [0, 0.05) is 16.6 Å². The number of carbonyl (C=O) groups is 1. The van der Waals surface area contributed by atoms with Gasteiger partial charge in [0.25, 0.3) is 5.91 Å². The van der Waals surface area contributed by atoms with Crippen LogP contribution in [0.5, 0.6) is 0 Å². The fourth-order valence-corrected chi connectivity index (χ4v) is 2.32. The molecule has 0 saturated carbocycles. The van der Waals surface area contributed by atoms with Crippen LogP contribution in [0.15, 0.2) is 28.7 Å². The molecule has 4 nitrogen and oxygen atoms in total. The summed E-state index contributed by atoms with van der Waals surface area (Å²) >= 11 is 4.50. The lowest BCUT2D eigenvalue weighted by Crippen LogP contribution is -2.23. The maximum Gasteiger partial charge on any atom is 0.265 e. The summed E-state index contributed by atoms with van der Waals surface area (Å²) in [5.74, 6) is -0.107. The van der Waals surface area contributed by atoms with Gasteiger partial charge in [0.15, 0.2) is 0 Å². The van der Waals surface area contributed by atoms with E-state index in [1.165, 1.54) is 0 Å². The van der Waals surface area contributed by atoms with E-state index in [9.17, 15) is 4.79 Å². The SMILES string of the molecule is CCCNC(=O)c1snnc1-c1ccc(Br)cc1. The smallest absolute Gasteiger partial charge is 0.265 e. The Balaban J connectivity index is 2.27. The van der Waals surface area contributed by atoms with E-state index in [-0.39, 0.29) is 5.91 Å². The summed E-state index contributed by atoms with van der Waals surface area (Å²) in [5, 5.41) is 6.88. The van der Waals surface area contributed by atoms with Gasteiger partial charge in [0.05, 0.1) is 0 Å². The van der Waals surface area contributed by atoms with Crippen LogP contribution < -0.4 is 5.32 Å². The van der Waals surface area contributed by atoms with E-state index in [1.54, 1.807) is 0 Å². The fraction of sp³-hybridized carbons (Fsp3) is 0.250. The zero-order valence-corrected chi connectivity index (χ0v) is 12.2. The summed E-state index contributed by atoms with van der Waals surface area (Å²) in [5.41, 5.74) is 1.54. The third-order valence-corrected chi connectivity index (χ3v) is 3.60. The molecule has 0 aliphatic carbocycles. The molecule has 94 valence electrons. The first-order chi connectivity index (χ1) is 8.72. The Kier molecular flexibility index (Phi) is 4.43. The summed E-state index contributed by atoms with van der Waals surface area (Å²) in [7, 11) is 0. The number of nitrogens with one attached hydrogen (secondary N) is 1. The average Bonchev–Trinajstić information content (AvgIpc) is 2.86. The summed E-state index contributed by atoms with van der Waals surface area (Å²) < 4.78 is 4.86. The first-order valence-electron chi connectivity index (χ1n) is 5.59. The zero-order chi connectivity index (χ0) is 13.0. The van der Waals surface area contributed by atoms with Crippen LogP contribution >= 0.6 is 27.5 Å². The van der Waals surface area contributed by atoms with Gasteiger partial charge in [0.2, 0.25) is 0 Å². The zero-order valence-electron chi connectivity index (χ0n) is 9.81. The van der Waals surface area contributed by atoms with E-state index in [0.717, 1.165) is 28.0 Å². The lowest BCUT2D eigenvalue weighted by molar-refractivity contribution is 0.0958. The van der Waals surface area contributed by atoms with E-state index < -0.39 is 0 Å². The number of aromatic nitrogens is 2. The van der Waals surface area contributed by atoms with E-state index in [0.29, 0.717) is 17.1 Å². The van der Waals surface area contributed by atoms with Crippen LogP contribution in [0.2, 0.25) is 0 Å². The highest BCUT2D eigenvalue weighted by molar-refractivity contribution is 9.10. The van der Waals surface area contributed by atoms with Crippen LogP contribution in [0.25, 0.3) is 11.3 Å².